The molecule has 0 bridgehead atoms. The van der Waals surface area contributed by atoms with E-state index in [1.54, 1.807) is 0 Å². The Morgan fingerprint density at radius 1 is 1.29 bits per heavy atom. The maximum Gasteiger partial charge on any atom is 0.254 e. The van der Waals surface area contributed by atoms with E-state index < -0.39 is 0 Å². The Hall–Kier alpha value is -1.35. The van der Waals surface area contributed by atoms with Gasteiger partial charge in [-0.15, -0.1) is 0 Å². The molecule has 1 aliphatic heterocycles. The number of hydrogen-bond acceptors (Lipinski definition) is 2. The van der Waals surface area contributed by atoms with Crippen LogP contribution in [0.2, 0.25) is 0 Å². The number of amides is 1. The number of nitrogens with zero attached hydrogens (tertiary/aromatic N) is 1. The Kier molecular flexibility index (Phi) is 6.24. The van der Waals surface area contributed by atoms with Crippen LogP contribution in [0.5, 0.6) is 0 Å². The van der Waals surface area contributed by atoms with Crippen LogP contribution in [0.15, 0.2) is 24.3 Å². The molecule has 0 radical (unpaired) electrons. The molecule has 1 N–H and O–H groups in total. The molecule has 3 heteroatoms. The Morgan fingerprint density at radius 3 is 2.86 bits per heavy atom. The van der Waals surface area contributed by atoms with Crippen LogP contribution in [0, 0.1) is 0 Å². The molecule has 1 amide bonds. The molecule has 0 aliphatic carbocycles. The van der Waals surface area contributed by atoms with Crippen molar-refractivity contribution in [1.29, 1.82) is 0 Å². The molecule has 1 aromatic rings. The predicted molar refractivity (Wildman–Crippen MR) is 87.7 cm³/mol. The third-order valence-electron chi connectivity index (χ3n) is 4.50. The van der Waals surface area contributed by atoms with Crippen molar-refractivity contribution in [2.24, 2.45) is 0 Å². The molecule has 0 aromatic heterocycles. The van der Waals surface area contributed by atoms with Gasteiger partial charge in [0.25, 0.3) is 5.91 Å². The summed E-state index contributed by atoms with van der Waals surface area (Å²) < 4.78 is 0. The summed E-state index contributed by atoms with van der Waals surface area (Å²) >= 11 is 0. The Morgan fingerprint density at radius 2 is 2.10 bits per heavy atom. The molecule has 1 aromatic carbocycles. The zero-order valence-electron chi connectivity index (χ0n) is 13.4. The summed E-state index contributed by atoms with van der Waals surface area (Å²) in [6.45, 7) is 4.02. The minimum absolute atomic E-state index is 0.232. The zero-order valence-corrected chi connectivity index (χ0v) is 13.4. The van der Waals surface area contributed by atoms with E-state index >= 15 is 0 Å². The predicted octanol–water partition coefficient (Wildman–Crippen LogP) is 3.24. The SMILES string of the molecule is CCC1CCCCCN1C(=O)c1ccccc1CCNC. The van der Waals surface area contributed by atoms with E-state index in [1.165, 1.54) is 12.8 Å². The third kappa shape index (κ3) is 4.07. The van der Waals surface area contributed by atoms with Crippen LogP contribution in [0.1, 0.15) is 54.9 Å². The van der Waals surface area contributed by atoms with Gasteiger partial charge in [-0.05, 0) is 50.9 Å². The number of likely N-dealkylation sites (tertiary alicyclic amines) is 1. The summed E-state index contributed by atoms with van der Waals surface area (Å²) in [5.41, 5.74) is 2.06. The first-order valence-corrected chi connectivity index (χ1v) is 8.31. The van der Waals surface area contributed by atoms with Crippen molar-refractivity contribution in [3.8, 4) is 0 Å². The fraction of sp³-hybridized carbons (Fsp3) is 0.611. The smallest absolute Gasteiger partial charge is 0.254 e. The molecule has 0 spiro atoms. The molecule has 1 aliphatic rings. The van der Waals surface area contributed by atoms with Crippen molar-refractivity contribution in [2.75, 3.05) is 20.1 Å². The highest BCUT2D eigenvalue weighted by Gasteiger charge is 2.26. The van der Waals surface area contributed by atoms with Crippen LogP contribution < -0.4 is 5.32 Å². The molecular weight excluding hydrogens is 260 g/mol. The van der Waals surface area contributed by atoms with E-state index in [2.05, 4.69) is 23.2 Å². The van der Waals surface area contributed by atoms with Gasteiger partial charge < -0.3 is 10.2 Å². The van der Waals surface area contributed by atoms with E-state index in [4.69, 9.17) is 0 Å². The van der Waals surface area contributed by atoms with Gasteiger partial charge in [0.2, 0.25) is 0 Å². The van der Waals surface area contributed by atoms with Crippen molar-refractivity contribution in [2.45, 2.75) is 51.5 Å². The van der Waals surface area contributed by atoms with Crippen LogP contribution in [-0.2, 0) is 6.42 Å². The van der Waals surface area contributed by atoms with Crippen LogP contribution in [0.3, 0.4) is 0 Å². The molecule has 21 heavy (non-hydrogen) atoms. The average molecular weight is 288 g/mol. The first kappa shape index (κ1) is 16.0. The lowest BCUT2D eigenvalue weighted by Crippen LogP contribution is -2.40. The average Bonchev–Trinajstić information content (AvgIpc) is 2.77. The zero-order chi connectivity index (χ0) is 15.1. The number of carbonyl (C=O) groups is 1. The monoisotopic (exact) mass is 288 g/mol. The molecule has 1 atom stereocenters. The maximum atomic E-state index is 13.0. The molecule has 1 heterocycles. The number of benzene rings is 1. The quantitative estimate of drug-likeness (QED) is 0.902. The number of hydrogen-bond donors (Lipinski definition) is 1. The minimum Gasteiger partial charge on any atom is -0.336 e. The van der Waals surface area contributed by atoms with Gasteiger partial charge >= 0.3 is 0 Å². The Balaban J connectivity index is 2.21. The van der Waals surface area contributed by atoms with Gasteiger partial charge in [-0.3, -0.25) is 4.79 Å². The van der Waals surface area contributed by atoms with Crippen LogP contribution >= 0.6 is 0 Å². The van der Waals surface area contributed by atoms with Crippen molar-refractivity contribution in [1.82, 2.24) is 10.2 Å². The summed E-state index contributed by atoms with van der Waals surface area (Å²) in [4.78, 5) is 15.1. The topological polar surface area (TPSA) is 32.3 Å². The van der Waals surface area contributed by atoms with Crippen molar-refractivity contribution in [3.63, 3.8) is 0 Å². The van der Waals surface area contributed by atoms with Gasteiger partial charge in [0, 0.05) is 18.2 Å². The van der Waals surface area contributed by atoms with Gasteiger partial charge in [0.15, 0.2) is 0 Å². The summed E-state index contributed by atoms with van der Waals surface area (Å²) in [7, 11) is 1.95. The first-order chi connectivity index (χ1) is 10.3. The van der Waals surface area contributed by atoms with Crippen LogP contribution in [0.4, 0.5) is 0 Å². The molecule has 2 rings (SSSR count). The second-order valence-corrected chi connectivity index (χ2v) is 5.92. The summed E-state index contributed by atoms with van der Waals surface area (Å²) in [6.07, 6.45) is 6.76. The number of rotatable bonds is 5. The number of likely N-dealkylation sites (N-methyl/N-ethyl adjacent to an activating group) is 1. The van der Waals surface area contributed by atoms with Gasteiger partial charge in [-0.25, -0.2) is 0 Å². The minimum atomic E-state index is 0.232. The summed E-state index contributed by atoms with van der Waals surface area (Å²) in [5.74, 6) is 0.232. The van der Waals surface area contributed by atoms with E-state index in [0.29, 0.717) is 6.04 Å². The molecule has 0 saturated carbocycles. The van der Waals surface area contributed by atoms with Crippen LogP contribution in [0.25, 0.3) is 0 Å². The normalized spacial score (nSPS) is 19.3. The highest BCUT2D eigenvalue weighted by Crippen LogP contribution is 2.22. The highest BCUT2D eigenvalue weighted by atomic mass is 16.2. The third-order valence-corrected chi connectivity index (χ3v) is 4.50. The Bertz CT molecular complexity index is 458. The van der Waals surface area contributed by atoms with Gasteiger partial charge in [0.1, 0.15) is 0 Å². The van der Waals surface area contributed by atoms with E-state index in [9.17, 15) is 4.79 Å². The van der Waals surface area contributed by atoms with Gasteiger partial charge in [0.05, 0.1) is 0 Å². The summed E-state index contributed by atoms with van der Waals surface area (Å²) in [5, 5.41) is 3.17. The molecule has 3 nitrogen and oxygen atoms in total. The molecule has 1 unspecified atom stereocenters. The molecule has 1 saturated heterocycles. The van der Waals surface area contributed by atoms with E-state index in [0.717, 1.165) is 49.9 Å². The van der Waals surface area contributed by atoms with Crippen LogP contribution in [-0.4, -0.2) is 37.0 Å². The van der Waals surface area contributed by atoms with Gasteiger partial charge in [-0.1, -0.05) is 38.0 Å². The summed E-state index contributed by atoms with van der Waals surface area (Å²) in [6, 6.07) is 8.50. The lowest BCUT2D eigenvalue weighted by atomic mass is 10.0. The molecule has 1 fully saturated rings. The second-order valence-electron chi connectivity index (χ2n) is 5.92. The fourth-order valence-corrected chi connectivity index (χ4v) is 3.23. The van der Waals surface area contributed by atoms with Gasteiger partial charge in [-0.2, -0.15) is 0 Å². The van der Waals surface area contributed by atoms with Crippen molar-refractivity contribution < 1.29 is 4.79 Å². The highest BCUT2D eigenvalue weighted by molar-refractivity contribution is 5.96. The van der Waals surface area contributed by atoms with E-state index in [-0.39, 0.29) is 5.91 Å². The fourth-order valence-electron chi connectivity index (χ4n) is 3.23. The maximum absolute atomic E-state index is 13.0. The molecule has 116 valence electrons. The second kappa shape index (κ2) is 8.18. The first-order valence-electron chi connectivity index (χ1n) is 8.31. The lowest BCUT2D eigenvalue weighted by Gasteiger charge is -2.30. The number of nitrogens with one attached hydrogen (secondary N) is 1. The van der Waals surface area contributed by atoms with Crippen molar-refractivity contribution in [3.05, 3.63) is 35.4 Å². The largest absolute Gasteiger partial charge is 0.336 e. The Labute approximate surface area is 128 Å². The number of carbonyl (C=O) groups excluding carboxylic acids is 1. The molecular formula is C18H28N2O. The standard InChI is InChI=1S/C18H28N2O/c1-3-16-10-5-4-8-14-20(16)18(21)17-11-7-6-9-15(17)12-13-19-2/h6-7,9,11,16,19H,3-5,8,10,12-14H2,1-2H3. The van der Waals surface area contributed by atoms with Crippen molar-refractivity contribution >= 4 is 5.91 Å². The van der Waals surface area contributed by atoms with E-state index in [1.807, 2.05) is 25.2 Å². The lowest BCUT2D eigenvalue weighted by molar-refractivity contribution is 0.0677.